The van der Waals surface area contributed by atoms with E-state index in [2.05, 4.69) is 10.7 Å². The Morgan fingerprint density at radius 3 is 2.27 bits per heavy atom. The fourth-order valence-corrected chi connectivity index (χ4v) is 3.62. The van der Waals surface area contributed by atoms with E-state index in [0.29, 0.717) is 24.3 Å². The molecule has 9 heteroatoms. The third-order valence-corrected chi connectivity index (χ3v) is 5.09. The first-order valence-electron chi connectivity index (χ1n) is 10.2. The molecule has 1 aromatic rings. The summed E-state index contributed by atoms with van der Waals surface area (Å²) >= 11 is 0. The standard InChI is InChI=1S/C21H30N4O5/c1-14(2)11-17(20(28)23-25-18(26)12-22-13-19(25)27)16(21(29)24-30)10-6-9-15-7-4-3-5-8-15/h3-5,7-8,14,16-17,22,30H,6,9-13H2,1-2H3,(H,23,28)(H,24,29)/t16-,17+/m0/s1. The van der Waals surface area contributed by atoms with Crippen LogP contribution in [-0.4, -0.2) is 46.9 Å². The summed E-state index contributed by atoms with van der Waals surface area (Å²) in [6.07, 6.45) is 2.09. The predicted octanol–water partition coefficient (Wildman–Crippen LogP) is 0.783. The minimum absolute atomic E-state index is 0.0570. The van der Waals surface area contributed by atoms with Gasteiger partial charge in [0.05, 0.1) is 24.9 Å². The zero-order valence-corrected chi connectivity index (χ0v) is 17.4. The average Bonchev–Trinajstić information content (AvgIpc) is 2.72. The Bertz CT molecular complexity index is 737. The van der Waals surface area contributed by atoms with Gasteiger partial charge in [0, 0.05) is 0 Å². The molecule has 0 radical (unpaired) electrons. The molecule has 0 aliphatic carbocycles. The van der Waals surface area contributed by atoms with Crippen molar-refractivity contribution in [1.29, 1.82) is 0 Å². The number of hydroxylamine groups is 1. The fourth-order valence-electron chi connectivity index (χ4n) is 3.62. The van der Waals surface area contributed by atoms with Crippen molar-refractivity contribution in [2.45, 2.75) is 39.5 Å². The molecule has 0 saturated carbocycles. The first kappa shape index (κ1) is 23.5. The Balaban J connectivity index is 2.13. The number of nitrogens with one attached hydrogen (secondary N) is 3. The zero-order chi connectivity index (χ0) is 22.1. The van der Waals surface area contributed by atoms with Crippen LogP contribution in [0.15, 0.2) is 30.3 Å². The number of hydrogen-bond acceptors (Lipinski definition) is 6. The first-order chi connectivity index (χ1) is 14.3. The third-order valence-electron chi connectivity index (χ3n) is 5.09. The van der Waals surface area contributed by atoms with E-state index in [-0.39, 0.29) is 19.0 Å². The second-order valence-electron chi connectivity index (χ2n) is 7.90. The first-order valence-corrected chi connectivity index (χ1v) is 10.2. The van der Waals surface area contributed by atoms with E-state index in [0.717, 1.165) is 12.0 Å². The monoisotopic (exact) mass is 418 g/mol. The van der Waals surface area contributed by atoms with Crippen LogP contribution in [-0.2, 0) is 25.6 Å². The van der Waals surface area contributed by atoms with Gasteiger partial charge in [0.15, 0.2) is 0 Å². The summed E-state index contributed by atoms with van der Waals surface area (Å²) in [6, 6.07) is 9.77. The SMILES string of the molecule is CC(C)C[C@@H](C(=O)NN1C(=O)CNCC1=O)[C@H](CCCc1ccccc1)C(=O)NO. The van der Waals surface area contributed by atoms with Gasteiger partial charge in [0.25, 0.3) is 11.8 Å². The highest BCUT2D eigenvalue weighted by Gasteiger charge is 2.36. The van der Waals surface area contributed by atoms with E-state index >= 15 is 0 Å². The van der Waals surface area contributed by atoms with Gasteiger partial charge in [-0.3, -0.25) is 35.1 Å². The lowest BCUT2D eigenvalue weighted by atomic mass is 9.81. The Kier molecular flexibility index (Phi) is 8.94. The number of hydrazine groups is 1. The highest BCUT2D eigenvalue weighted by Crippen LogP contribution is 2.26. The highest BCUT2D eigenvalue weighted by molar-refractivity contribution is 6.01. The maximum atomic E-state index is 13.0. The molecule has 164 valence electrons. The second kappa shape index (κ2) is 11.4. The molecular formula is C21H30N4O5. The van der Waals surface area contributed by atoms with E-state index < -0.39 is 35.5 Å². The van der Waals surface area contributed by atoms with Gasteiger partial charge in [-0.05, 0) is 37.2 Å². The summed E-state index contributed by atoms with van der Waals surface area (Å²) in [4.78, 5) is 49.4. The van der Waals surface area contributed by atoms with Crippen molar-refractivity contribution < 1.29 is 24.4 Å². The Morgan fingerprint density at radius 2 is 1.70 bits per heavy atom. The minimum atomic E-state index is -0.802. The van der Waals surface area contributed by atoms with Crippen molar-refractivity contribution >= 4 is 23.6 Å². The Morgan fingerprint density at radius 1 is 1.07 bits per heavy atom. The van der Waals surface area contributed by atoms with E-state index in [1.165, 1.54) is 0 Å². The number of hydrogen-bond donors (Lipinski definition) is 4. The smallest absolute Gasteiger partial charge is 0.262 e. The second-order valence-corrected chi connectivity index (χ2v) is 7.90. The van der Waals surface area contributed by atoms with E-state index in [1.807, 2.05) is 44.2 Å². The Labute approximate surface area is 176 Å². The molecule has 30 heavy (non-hydrogen) atoms. The van der Waals surface area contributed by atoms with E-state index in [1.54, 1.807) is 5.48 Å². The molecule has 1 aromatic carbocycles. The molecular weight excluding hydrogens is 388 g/mol. The lowest BCUT2D eigenvalue weighted by molar-refractivity contribution is -0.157. The topological polar surface area (TPSA) is 128 Å². The van der Waals surface area contributed by atoms with Crippen LogP contribution in [0.2, 0.25) is 0 Å². The number of amides is 4. The number of piperazine rings is 1. The number of nitrogens with zero attached hydrogens (tertiary/aromatic N) is 1. The molecule has 4 N–H and O–H groups in total. The number of rotatable bonds is 10. The van der Waals surface area contributed by atoms with Gasteiger partial charge in [-0.15, -0.1) is 0 Å². The van der Waals surface area contributed by atoms with Gasteiger partial charge in [-0.2, -0.15) is 5.01 Å². The summed E-state index contributed by atoms with van der Waals surface area (Å²) in [6.45, 7) is 3.72. The van der Waals surface area contributed by atoms with Crippen molar-refractivity contribution in [3.63, 3.8) is 0 Å². The van der Waals surface area contributed by atoms with Crippen molar-refractivity contribution in [3.05, 3.63) is 35.9 Å². The molecule has 1 aliphatic rings. The highest BCUT2D eigenvalue weighted by atomic mass is 16.5. The summed E-state index contributed by atoms with van der Waals surface area (Å²) in [7, 11) is 0. The number of aryl methyl sites for hydroxylation is 1. The molecule has 0 spiro atoms. The minimum Gasteiger partial charge on any atom is -0.300 e. The van der Waals surface area contributed by atoms with Crippen molar-refractivity contribution in [3.8, 4) is 0 Å². The van der Waals surface area contributed by atoms with Gasteiger partial charge in [0.1, 0.15) is 0 Å². The van der Waals surface area contributed by atoms with Crippen molar-refractivity contribution in [1.82, 2.24) is 21.2 Å². The van der Waals surface area contributed by atoms with Crippen LogP contribution in [0.3, 0.4) is 0 Å². The average molecular weight is 418 g/mol. The lowest BCUT2D eigenvalue weighted by Gasteiger charge is -2.30. The summed E-state index contributed by atoms with van der Waals surface area (Å²) < 4.78 is 0. The summed E-state index contributed by atoms with van der Waals surface area (Å²) in [5.74, 6) is -3.87. The molecule has 0 bridgehead atoms. The molecule has 2 atom stereocenters. The summed E-state index contributed by atoms with van der Waals surface area (Å²) in [5.41, 5.74) is 5.17. The van der Waals surface area contributed by atoms with Gasteiger partial charge < -0.3 is 0 Å². The van der Waals surface area contributed by atoms with Crippen LogP contribution < -0.4 is 16.2 Å². The maximum absolute atomic E-state index is 13.0. The van der Waals surface area contributed by atoms with Gasteiger partial charge in [-0.25, -0.2) is 5.48 Å². The van der Waals surface area contributed by atoms with Crippen LogP contribution in [0, 0.1) is 17.8 Å². The number of benzene rings is 1. The fraction of sp³-hybridized carbons (Fsp3) is 0.524. The van der Waals surface area contributed by atoms with Crippen molar-refractivity contribution in [2.75, 3.05) is 13.1 Å². The third kappa shape index (κ3) is 6.64. The molecule has 1 saturated heterocycles. The largest absolute Gasteiger partial charge is 0.300 e. The molecule has 2 rings (SSSR count). The molecule has 4 amide bonds. The molecule has 1 aliphatic heterocycles. The van der Waals surface area contributed by atoms with Crippen LogP contribution >= 0.6 is 0 Å². The molecule has 9 nitrogen and oxygen atoms in total. The van der Waals surface area contributed by atoms with Gasteiger partial charge >= 0.3 is 0 Å². The van der Waals surface area contributed by atoms with Crippen LogP contribution in [0.4, 0.5) is 0 Å². The van der Waals surface area contributed by atoms with Crippen LogP contribution in [0.1, 0.15) is 38.7 Å². The van der Waals surface area contributed by atoms with Gasteiger partial charge in [0.2, 0.25) is 11.8 Å². The lowest BCUT2D eigenvalue weighted by Crippen LogP contribution is -2.60. The number of imide groups is 1. The Hall–Kier alpha value is -2.78. The van der Waals surface area contributed by atoms with E-state index in [9.17, 15) is 24.4 Å². The predicted molar refractivity (Wildman–Crippen MR) is 109 cm³/mol. The summed E-state index contributed by atoms with van der Waals surface area (Å²) in [5, 5.41) is 12.6. The molecule has 0 unspecified atom stereocenters. The van der Waals surface area contributed by atoms with E-state index in [4.69, 9.17) is 0 Å². The number of carbonyl (C=O) groups excluding carboxylic acids is 4. The van der Waals surface area contributed by atoms with Crippen LogP contribution in [0.25, 0.3) is 0 Å². The molecule has 1 heterocycles. The normalized spacial score (nSPS) is 16.3. The van der Waals surface area contributed by atoms with Gasteiger partial charge in [-0.1, -0.05) is 44.2 Å². The quantitative estimate of drug-likeness (QED) is 0.253. The van der Waals surface area contributed by atoms with Crippen molar-refractivity contribution in [2.24, 2.45) is 17.8 Å². The number of carbonyl (C=O) groups is 4. The zero-order valence-electron chi connectivity index (χ0n) is 17.4. The maximum Gasteiger partial charge on any atom is 0.262 e. The molecule has 0 aromatic heterocycles. The molecule has 1 fully saturated rings. The van der Waals surface area contributed by atoms with Crippen LogP contribution in [0.5, 0.6) is 0 Å².